The van der Waals surface area contributed by atoms with Gasteiger partial charge in [0, 0.05) is 5.54 Å². The van der Waals surface area contributed by atoms with Gasteiger partial charge in [0.2, 0.25) is 11.6 Å². The van der Waals surface area contributed by atoms with Crippen molar-refractivity contribution in [2.45, 2.75) is 45.6 Å². The Morgan fingerprint density at radius 3 is 1.61 bits per heavy atom. The van der Waals surface area contributed by atoms with Crippen molar-refractivity contribution in [3.63, 3.8) is 0 Å². The fraction of sp³-hybridized carbons (Fsp3) is 0.583. The van der Waals surface area contributed by atoms with Crippen LogP contribution in [0.1, 0.15) is 40.0 Å². The highest BCUT2D eigenvalue weighted by Gasteiger charge is 2.29. The molecule has 2 nitrogen and oxygen atoms in total. The average molecular weight is 264 g/mol. The molecule has 0 aliphatic rings. The largest absolute Gasteiger partial charge is 0.375 e. The van der Waals surface area contributed by atoms with Gasteiger partial charge in [0.15, 0.2) is 0 Å². The molecule has 0 unspecified atom stereocenters. The third-order valence-corrected chi connectivity index (χ3v) is 3.42. The molecule has 1 aromatic heterocycles. The lowest BCUT2D eigenvalue weighted by Crippen LogP contribution is -2.37. The molecule has 0 bridgehead atoms. The van der Waals surface area contributed by atoms with Crippen LogP contribution in [0, 0.1) is 23.5 Å². The average Bonchev–Trinajstić information content (AvgIpc) is 2.38. The summed E-state index contributed by atoms with van der Waals surface area (Å²) in [5, 5.41) is 2.59. The maximum atomic E-state index is 13.5. The molecule has 0 amide bonds. The van der Waals surface area contributed by atoms with Crippen LogP contribution in [0.25, 0.3) is 0 Å². The van der Waals surface area contributed by atoms with E-state index in [1.54, 1.807) is 0 Å². The van der Waals surface area contributed by atoms with E-state index in [4.69, 9.17) is 0 Å². The van der Waals surface area contributed by atoms with Gasteiger partial charge >= 0.3 is 0 Å². The Labute approximate surface area is 103 Å². The van der Waals surface area contributed by atoms with Crippen molar-refractivity contribution in [3.05, 3.63) is 23.5 Å². The summed E-state index contributed by atoms with van der Waals surface area (Å²) in [6.07, 6.45) is 1.72. The summed E-state index contributed by atoms with van der Waals surface area (Å²) in [5.41, 5.74) is -1.38. The van der Waals surface area contributed by atoms with Gasteiger partial charge in [-0.1, -0.05) is 20.8 Å². The molecule has 1 aromatic rings. The van der Waals surface area contributed by atoms with E-state index in [-0.39, 0.29) is 0 Å². The van der Waals surface area contributed by atoms with Crippen molar-refractivity contribution in [3.8, 4) is 0 Å². The number of pyridine rings is 1. The lowest BCUT2D eigenvalue weighted by atomic mass is 9.89. The Hall–Kier alpha value is -1.33. The summed E-state index contributed by atoms with van der Waals surface area (Å²) in [6, 6.07) is 0. The van der Waals surface area contributed by atoms with Crippen molar-refractivity contribution in [1.29, 1.82) is 0 Å². The first-order chi connectivity index (χ1) is 8.40. The first-order valence-corrected chi connectivity index (χ1v) is 5.89. The minimum atomic E-state index is -1.64. The molecule has 0 saturated carbocycles. The lowest BCUT2D eigenvalue weighted by Gasteiger charge is -2.33. The Morgan fingerprint density at radius 1 is 0.889 bits per heavy atom. The molecular formula is C12H16F4N2. The number of halogens is 4. The first-order valence-electron chi connectivity index (χ1n) is 5.89. The molecule has 1 N–H and O–H groups in total. The van der Waals surface area contributed by atoms with Gasteiger partial charge < -0.3 is 5.32 Å². The molecule has 0 aliphatic carbocycles. The van der Waals surface area contributed by atoms with E-state index in [1.807, 2.05) is 20.8 Å². The summed E-state index contributed by atoms with van der Waals surface area (Å²) in [6.45, 7) is 5.51. The minimum Gasteiger partial charge on any atom is -0.375 e. The van der Waals surface area contributed by atoms with E-state index in [0.717, 1.165) is 0 Å². The minimum absolute atomic E-state index is 0.574. The number of hydrogen-bond donors (Lipinski definition) is 1. The molecule has 0 atom stereocenters. The van der Waals surface area contributed by atoms with Gasteiger partial charge in [-0.2, -0.15) is 22.5 Å². The van der Waals surface area contributed by atoms with Gasteiger partial charge in [-0.15, -0.1) is 0 Å². The maximum Gasteiger partial charge on any atom is 0.253 e. The van der Waals surface area contributed by atoms with E-state index < -0.39 is 34.8 Å². The zero-order valence-corrected chi connectivity index (χ0v) is 10.6. The SMILES string of the molecule is CCC(CC)(CC)Nc1c(F)c(F)nc(F)c1F. The number of anilines is 1. The van der Waals surface area contributed by atoms with Crippen LogP contribution in [-0.4, -0.2) is 10.5 Å². The van der Waals surface area contributed by atoms with Crippen LogP contribution >= 0.6 is 0 Å². The molecule has 0 aliphatic heterocycles. The van der Waals surface area contributed by atoms with E-state index in [0.29, 0.717) is 19.3 Å². The second-order valence-electron chi connectivity index (χ2n) is 4.16. The smallest absolute Gasteiger partial charge is 0.253 e. The normalized spacial score (nSPS) is 11.7. The molecule has 0 aromatic carbocycles. The fourth-order valence-electron chi connectivity index (χ4n) is 1.88. The molecule has 0 saturated heterocycles. The summed E-state index contributed by atoms with van der Waals surface area (Å²) in [7, 11) is 0. The highest BCUT2D eigenvalue weighted by Crippen LogP contribution is 2.30. The summed E-state index contributed by atoms with van der Waals surface area (Å²) < 4.78 is 52.9. The predicted molar refractivity (Wildman–Crippen MR) is 61.3 cm³/mol. The van der Waals surface area contributed by atoms with E-state index >= 15 is 0 Å². The zero-order valence-electron chi connectivity index (χ0n) is 10.6. The number of hydrogen-bond acceptors (Lipinski definition) is 2. The first kappa shape index (κ1) is 14.7. The van der Waals surface area contributed by atoms with Crippen LogP contribution in [0.5, 0.6) is 0 Å². The van der Waals surface area contributed by atoms with Gasteiger partial charge in [-0.25, -0.2) is 0 Å². The van der Waals surface area contributed by atoms with Crippen molar-refractivity contribution in [2.24, 2.45) is 0 Å². The third-order valence-electron chi connectivity index (χ3n) is 3.42. The maximum absolute atomic E-state index is 13.5. The van der Waals surface area contributed by atoms with Gasteiger partial charge in [0.05, 0.1) is 0 Å². The Kier molecular flexibility index (Phi) is 4.53. The number of nitrogens with zero attached hydrogens (tertiary/aromatic N) is 1. The molecule has 0 spiro atoms. The monoisotopic (exact) mass is 264 g/mol. The highest BCUT2D eigenvalue weighted by molar-refractivity contribution is 5.47. The van der Waals surface area contributed by atoms with Gasteiger partial charge in [0.1, 0.15) is 5.69 Å². The van der Waals surface area contributed by atoms with E-state index in [2.05, 4.69) is 10.3 Å². The van der Waals surface area contributed by atoms with Crippen molar-refractivity contribution in [1.82, 2.24) is 4.98 Å². The lowest BCUT2D eigenvalue weighted by molar-refractivity contribution is 0.387. The van der Waals surface area contributed by atoms with Crippen LogP contribution in [-0.2, 0) is 0 Å². The third kappa shape index (κ3) is 2.57. The quantitative estimate of drug-likeness (QED) is 0.641. The van der Waals surface area contributed by atoms with Gasteiger partial charge in [0.25, 0.3) is 11.9 Å². The molecule has 0 fully saturated rings. The Bertz CT molecular complexity index is 396. The molecule has 18 heavy (non-hydrogen) atoms. The Balaban J connectivity index is 3.25. The number of nitrogens with one attached hydrogen (secondary N) is 1. The molecule has 6 heteroatoms. The van der Waals surface area contributed by atoms with Crippen LogP contribution in [0.2, 0.25) is 0 Å². The second-order valence-corrected chi connectivity index (χ2v) is 4.16. The summed E-state index contributed by atoms with van der Waals surface area (Å²) in [4.78, 5) is 2.52. The van der Waals surface area contributed by atoms with Gasteiger partial charge in [-0.3, -0.25) is 0 Å². The topological polar surface area (TPSA) is 24.9 Å². The summed E-state index contributed by atoms with van der Waals surface area (Å²) >= 11 is 0. The predicted octanol–water partition coefficient (Wildman–Crippen LogP) is 4.02. The molecule has 102 valence electrons. The van der Waals surface area contributed by atoms with Crippen molar-refractivity contribution >= 4 is 5.69 Å². The van der Waals surface area contributed by atoms with Crippen LogP contribution in [0.4, 0.5) is 23.2 Å². The second kappa shape index (κ2) is 5.54. The van der Waals surface area contributed by atoms with Crippen LogP contribution in [0.15, 0.2) is 0 Å². The molecular weight excluding hydrogens is 248 g/mol. The van der Waals surface area contributed by atoms with Crippen molar-refractivity contribution < 1.29 is 17.6 Å². The summed E-state index contributed by atoms with van der Waals surface area (Å²) in [5.74, 6) is -6.27. The van der Waals surface area contributed by atoms with Crippen molar-refractivity contribution in [2.75, 3.05) is 5.32 Å². The molecule has 0 radical (unpaired) electrons. The van der Waals surface area contributed by atoms with E-state index in [9.17, 15) is 17.6 Å². The zero-order chi connectivity index (χ0) is 13.9. The van der Waals surface area contributed by atoms with Crippen LogP contribution in [0.3, 0.4) is 0 Å². The molecule has 1 rings (SSSR count). The van der Waals surface area contributed by atoms with Gasteiger partial charge in [-0.05, 0) is 19.3 Å². The number of rotatable bonds is 5. The van der Waals surface area contributed by atoms with E-state index in [1.165, 1.54) is 0 Å². The highest BCUT2D eigenvalue weighted by atomic mass is 19.2. The number of aromatic nitrogens is 1. The Morgan fingerprint density at radius 2 is 1.28 bits per heavy atom. The van der Waals surface area contributed by atoms with Crippen LogP contribution < -0.4 is 5.32 Å². The fourth-order valence-corrected chi connectivity index (χ4v) is 1.88. The standard InChI is InChI=1S/C12H16F4N2/c1-4-12(5-2,6-3)18-9-7(13)10(15)17-11(16)8(9)14/h4-6H2,1-3H3,(H,17,18). The molecule has 1 heterocycles.